The molecule has 1 atom stereocenters. The molecule has 1 fully saturated rings. The maximum Gasteiger partial charge on any atom is 1.00 e. The number of Topliss-reactive ketones (excluding diaryl/α,β-unsaturated/α-hetero) is 1. The molecule has 0 bridgehead atoms. The van der Waals surface area contributed by atoms with Gasteiger partial charge in [-0.2, -0.15) is 0 Å². The van der Waals surface area contributed by atoms with Crippen molar-refractivity contribution >= 4 is 41.7 Å². The van der Waals surface area contributed by atoms with Gasteiger partial charge in [-0.3, -0.25) is 43.8 Å². The van der Waals surface area contributed by atoms with Gasteiger partial charge < -0.3 is 11.6 Å². The van der Waals surface area contributed by atoms with Gasteiger partial charge in [0.25, 0.3) is 30.1 Å². The molecule has 0 aromatic heterocycles. The van der Waals surface area contributed by atoms with Crippen LogP contribution in [-0.2, 0) is 19.3 Å². The first-order chi connectivity index (χ1) is 18.3. The zero-order chi connectivity index (χ0) is 27.7. The monoisotopic (exact) mass is 566 g/mol. The number of nitrogens with one attached hydrogen (secondary N) is 1. The Balaban J connectivity index is 0.000000578. The molecule has 0 spiro atoms. The number of allylic oxidation sites excluding steroid dienone is 2. The zero-order valence-electron chi connectivity index (χ0n) is 23.1. The third kappa shape index (κ3) is 8.87. The Morgan fingerprint density at radius 1 is 0.825 bits per heavy atom. The van der Waals surface area contributed by atoms with Gasteiger partial charge in [0.1, 0.15) is 5.78 Å². The molecule has 6 rings (SSSR count). The number of nitrogens with zero attached hydrogens (tertiary/aromatic N) is 1. The minimum Gasteiger partial charge on any atom is -1.00 e. The van der Waals surface area contributed by atoms with E-state index in [1.54, 1.807) is 54.6 Å². The fourth-order valence-electron chi connectivity index (χ4n) is 4.20. The topological polar surface area (TPSA) is 167 Å². The van der Waals surface area contributed by atoms with E-state index < -0.39 is 0 Å². The summed E-state index contributed by atoms with van der Waals surface area (Å²) in [6.45, 7) is -0.181. The minimum absolute atomic E-state index is 0. The number of amides is 4. The second kappa shape index (κ2) is 17.1. The normalized spacial score (nSPS) is 17.4. The molecule has 1 saturated carbocycles. The second-order valence-electron chi connectivity index (χ2n) is 8.39. The standard InChI is InChI=1S/C13H11NO3.C8H5NO2.C5H6O.CH2O3.2Na.H/c15-9-6-5-8(7-9)14-12(16)10-3-1-2-4-11(10)13(14)17;10-7-5-3-1-2-4-6(5)8(11)9-7;6-5-3-1-2-4-5;2-1-4-3;;;/h1-4,8H,5-7H2;1-4H,(H,9,10,11);1,3H,2,4H2;1,3H;;;/q;;;;2*+1;-1/p-1. The van der Waals surface area contributed by atoms with Crippen molar-refractivity contribution in [3.8, 4) is 0 Å². The first-order valence-corrected chi connectivity index (χ1v) is 11.6. The quantitative estimate of drug-likeness (QED) is 0.124. The molecular weight excluding hydrogens is 542 g/mol. The average Bonchev–Trinajstić information content (AvgIpc) is 3.70. The number of hydrogen-bond acceptors (Lipinski definition) is 9. The molecule has 1 N–H and O–H groups in total. The molecule has 2 aliphatic carbocycles. The Hall–Kier alpha value is -2.77. The molecule has 4 aliphatic rings. The van der Waals surface area contributed by atoms with Crippen molar-refractivity contribution in [2.45, 2.75) is 38.1 Å². The number of benzene rings is 2. The summed E-state index contributed by atoms with van der Waals surface area (Å²) in [4.78, 5) is 80.0. The predicted octanol–water partition coefficient (Wildman–Crippen LogP) is -4.56. The van der Waals surface area contributed by atoms with E-state index in [1.807, 2.05) is 6.08 Å². The van der Waals surface area contributed by atoms with E-state index in [4.69, 9.17) is 10.1 Å². The van der Waals surface area contributed by atoms with Crippen LogP contribution in [0.25, 0.3) is 0 Å². The van der Waals surface area contributed by atoms with Crippen molar-refractivity contribution in [3.05, 3.63) is 82.9 Å². The van der Waals surface area contributed by atoms with Crippen LogP contribution in [-0.4, -0.2) is 52.6 Å². The second-order valence-corrected chi connectivity index (χ2v) is 8.39. The summed E-state index contributed by atoms with van der Waals surface area (Å²) >= 11 is 0. The molecule has 11 nitrogen and oxygen atoms in total. The summed E-state index contributed by atoms with van der Waals surface area (Å²) in [5, 5.41) is 10.6. The van der Waals surface area contributed by atoms with Gasteiger partial charge in [-0.1, -0.05) is 30.3 Å². The molecule has 1 unspecified atom stereocenters. The Kier molecular flexibility index (Phi) is 15.1. The molecule has 13 heteroatoms. The minimum atomic E-state index is -0.300. The van der Waals surface area contributed by atoms with E-state index >= 15 is 0 Å². The van der Waals surface area contributed by atoms with Crippen LogP contribution in [0, 0.1) is 0 Å². The van der Waals surface area contributed by atoms with E-state index in [1.165, 1.54) is 4.90 Å². The molecule has 0 radical (unpaired) electrons. The van der Waals surface area contributed by atoms with Gasteiger partial charge in [0.15, 0.2) is 5.78 Å². The van der Waals surface area contributed by atoms with Crippen LogP contribution in [0.5, 0.6) is 0 Å². The summed E-state index contributed by atoms with van der Waals surface area (Å²) in [6.07, 6.45) is 6.62. The maximum atomic E-state index is 12.1. The summed E-state index contributed by atoms with van der Waals surface area (Å²) in [7, 11) is 0. The van der Waals surface area contributed by atoms with Crippen molar-refractivity contribution in [3.63, 3.8) is 0 Å². The van der Waals surface area contributed by atoms with Gasteiger partial charge in [-0.15, -0.1) is 0 Å². The first kappa shape index (κ1) is 35.3. The molecule has 4 amide bonds. The molecule has 2 aromatic carbocycles. The van der Waals surface area contributed by atoms with Crippen molar-refractivity contribution < 1.29 is 104 Å². The fraction of sp³-hybridized carbons (Fsp3) is 0.222. The molecule has 40 heavy (non-hydrogen) atoms. The number of imide groups is 2. The van der Waals surface area contributed by atoms with Gasteiger partial charge in [-0.05, 0) is 43.2 Å². The van der Waals surface area contributed by atoms with Gasteiger partial charge in [0.05, 0.1) is 22.3 Å². The van der Waals surface area contributed by atoms with Gasteiger partial charge in [0, 0.05) is 25.3 Å². The van der Waals surface area contributed by atoms with Crippen LogP contribution in [0.15, 0.2) is 60.7 Å². The van der Waals surface area contributed by atoms with E-state index in [-0.39, 0.29) is 108 Å². The van der Waals surface area contributed by atoms with E-state index in [9.17, 15) is 28.8 Å². The largest absolute Gasteiger partial charge is 1.00 e. The van der Waals surface area contributed by atoms with Gasteiger partial charge >= 0.3 is 59.1 Å². The molecular formula is C27H24N2Na2O9. The Morgan fingerprint density at radius 3 is 1.62 bits per heavy atom. The molecule has 0 saturated heterocycles. The molecule has 198 valence electrons. The number of carbonyl (C=O) groups is 7. The molecule has 2 aliphatic heterocycles. The zero-order valence-corrected chi connectivity index (χ0v) is 26.1. The molecule has 2 heterocycles. The SMILES string of the molecule is O=C1C=CCC1.O=C1CCC(N2C(=O)c3ccccc3C2=O)C1.O=C1NC(=O)c2ccccc21.O=CO[O-].[H-].[Na+].[Na+]. The smallest absolute Gasteiger partial charge is 1.00 e. The first-order valence-electron chi connectivity index (χ1n) is 11.6. The Labute approximate surface area is 275 Å². The summed E-state index contributed by atoms with van der Waals surface area (Å²) in [5.74, 6) is -0.714. The van der Waals surface area contributed by atoms with Crippen LogP contribution in [0.4, 0.5) is 0 Å². The Morgan fingerprint density at radius 2 is 1.30 bits per heavy atom. The molecule has 2 aromatic rings. The van der Waals surface area contributed by atoms with Gasteiger partial charge in [0.2, 0.25) is 0 Å². The predicted molar refractivity (Wildman–Crippen MR) is 129 cm³/mol. The van der Waals surface area contributed by atoms with E-state index in [0.29, 0.717) is 41.5 Å². The van der Waals surface area contributed by atoms with Crippen molar-refractivity contribution in [2.75, 3.05) is 0 Å². The van der Waals surface area contributed by atoms with E-state index in [2.05, 4.69) is 10.2 Å². The maximum absolute atomic E-state index is 12.1. The number of hydrogen-bond donors (Lipinski definition) is 1. The summed E-state index contributed by atoms with van der Waals surface area (Å²) < 4.78 is 0. The number of carbonyl (C=O) groups excluding carboxylic acids is 7. The Bertz CT molecular complexity index is 1270. The summed E-state index contributed by atoms with van der Waals surface area (Å²) in [6, 6.07) is 13.3. The van der Waals surface area contributed by atoms with Crippen molar-refractivity contribution in [2.24, 2.45) is 0 Å². The van der Waals surface area contributed by atoms with Gasteiger partial charge in [-0.25, -0.2) is 0 Å². The van der Waals surface area contributed by atoms with Crippen molar-refractivity contribution in [1.82, 2.24) is 10.2 Å². The average molecular weight is 566 g/mol. The third-order valence-corrected chi connectivity index (χ3v) is 5.95. The number of fused-ring (bicyclic) bond motifs is 2. The third-order valence-electron chi connectivity index (χ3n) is 5.95. The van der Waals surface area contributed by atoms with Crippen LogP contribution in [0.1, 0.15) is 75.0 Å². The van der Waals surface area contributed by atoms with Crippen molar-refractivity contribution in [1.29, 1.82) is 0 Å². The van der Waals surface area contributed by atoms with E-state index in [0.717, 1.165) is 12.8 Å². The summed E-state index contributed by atoms with van der Waals surface area (Å²) in [5.41, 5.74) is 1.85. The van der Waals surface area contributed by atoms with Crippen LogP contribution in [0.3, 0.4) is 0 Å². The number of rotatable bonds is 2. The number of ketones is 2. The fourth-order valence-corrected chi connectivity index (χ4v) is 4.20. The van der Waals surface area contributed by atoms with Crippen LogP contribution < -0.4 is 69.7 Å². The van der Waals surface area contributed by atoms with Crippen LogP contribution >= 0.6 is 0 Å². The van der Waals surface area contributed by atoms with Crippen LogP contribution in [0.2, 0.25) is 0 Å².